The van der Waals surface area contributed by atoms with Gasteiger partial charge in [-0.05, 0) is 30.3 Å². The maximum Gasteiger partial charge on any atom is 0.261 e. The van der Waals surface area contributed by atoms with Gasteiger partial charge in [-0.1, -0.05) is 18.2 Å². The highest BCUT2D eigenvalue weighted by Gasteiger charge is 2.23. The molecule has 9 heteroatoms. The van der Waals surface area contributed by atoms with Crippen LogP contribution in [0.2, 0.25) is 0 Å². The van der Waals surface area contributed by atoms with E-state index in [2.05, 4.69) is 10.6 Å². The predicted molar refractivity (Wildman–Crippen MR) is 120 cm³/mol. The van der Waals surface area contributed by atoms with E-state index in [1.807, 2.05) is 6.07 Å². The van der Waals surface area contributed by atoms with Crippen LogP contribution in [0.4, 0.5) is 25.8 Å². The van der Waals surface area contributed by atoms with E-state index in [4.69, 9.17) is 16.6 Å². The van der Waals surface area contributed by atoms with E-state index in [9.17, 15) is 18.8 Å². The third-order valence-corrected chi connectivity index (χ3v) is 4.79. The van der Waals surface area contributed by atoms with Crippen LogP contribution < -0.4 is 16.4 Å². The fourth-order valence-electron chi connectivity index (χ4n) is 3.18. The van der Waals surface area contributed by atoms with Gasteiger partial charge in [-0.15, -0.1) is 0 Å². The number of nitrogen functional groups attached to an aromatic ring is 1. The zero-order chi connectivity index (χ0) is 23.4. The number of halogens is 2. The fraction of sp³-hybridized carbons (Fsp3) is 0.0435. The molecule has 0 bridgehead atoms. The summed E-state index contributed by atoms with van der Waals surface area (Å²) in [7, 11) is 1.44. The van der Waals surface area contributed by atoms with Crippen LogP contribution in [0.15, 0.2) is 48.5 Å². The van der Waals surface area contributed by atoms with E-state index in [-0.39, 0.29) is 39.5 Å². The maximum atomic E-state index is 14.7. The van der Waals surface area contributed by atoms with Gasteiger partial charge in [0.15, 0.2) is 0 Å². The lowest BCUT2D eigenvalue weighted by Crippen LogP contribution is -2.18. The molecule has 0 saturated heterocycles. The molecule has 7 nitrogen and oxygen atoms in total. The van der Waals surface area contributed by atoms with Crippen molar-refractivity contribution in [2.75, 3.05) is 23.4 Å². The Morgan fingerprint density at radius 2 is 1.88 bits per heavy atom. The standard InChI is InChI=1S/C23H18F2N6O/c1-30-19-9-17(24)20(21(25)16(19)11-27)23(32)31-13-6-7-18(28)15(8-13)22(29)14-5-3-2-4-12(14)10-26/h2-9,11,27,29-30H,28H2,1H3,(H,31,32). The summed E-state index contributed by atoms with van der Waals surface area (Å²) in [6.07, 6.45) is 0.687. The lowest BCUT2D eigenvalue weighted by molar-refractivity contribution is 0.101. The molecule has 3 rings (SSSR count). The van der Waals surface area contributed by atoms with Crippen molar-refractivity contribution in [3.05, 3.63) is 88.0 Å². The Morgan fingerprint density at radius 3 is 2.53 bits per heavy atom. The van der Waals surface area contributed by atoms with Crippen LogP contribution in [0.5, 0.6) is 0 Å². The fourth-order valence-corrected chi connectivity index (χ4v) is 3.18. The van der Waals surface area contributed by atoms with Gasteiger partial charge in [0.2, 0.25) is 0 Å². The molecule has 0 atom stereocenters. The molecule has 0 aliphatic heterocycles. The van der Waals surface area contributed by atoms with Gasteiger partial charge < -0.3 is 21.8 Å². The number of hydrogen-bond acceptors (Lipinski definition) is 6. The van der Waals surface area contributed by atoms with Gasteiger partial charge in [0.25, 0.3) is 5.91 Å². The molecule has 0 spiro atoms. The van der Waals surface area contributed by atoms with Crippen molar-refractivity contribution >= 4 is 34.9 Å². The first kappa shape index (κ1) is 22.1. The Balaban J connectivity index is 1.98. The van der Waals surface area contributed by atoms with Crippen molar-refractivity contribution in [2.24, 2.45) is 0 Å². The number of amides is 1. The van der Waals surface area contributed by atoms with Crippen LogP contribution in [0.1, 0.15) is 32.6 Å². The van der Waals surface area contributed by atoms with Crippen LogP contribution in [0, 0.1) is 33.8 Å². The predicted octanol–water partition coefficient (Wildman–Crippen LogP) is 4.13. The minimum Gasteiger partial charge on any atom is -0.398 e. The number of nitrogens with one attached hydrogen (secondary N) is 4. The second kappa shape index (κ2) is 9.06. The molecule has 0 fully saturated rings. The van der Waals surface area contributed by atoms with E-state index < -0.39 is 23.1 Å². The largest absolute Gasteiger partial charge is 0.398 e. The van der Waals surface area contributed by atoms with Crippen molar-refractivity contribution in [2.45, 2.75) is 0 Å². The smallest absolute Gasteiger partial charge is 0.261 e. The van der Waals surface area contributed by atoms with Crippen molar-refractivity contribution < 1.29 is 13.6 Å². The third-order valence-electron chi connectivity index (χ3n) is 4.79. The Morgan fingerprint density at radius 1 is 1.16 bits per heavy atom. The molecular weight excluding hydrogens is 414 g/mol. The number of carbonyl (C=O) groups is 1. The first-order valence-electron chi connectivity index (χ1n) is 9.31. The second-order valence-electron chi connectivity index (χ2n) is 6.69. The number of rotatable bonds is 6. The third kappa shape index (κ3) is 4.02. The van der Waals surface area contributed by atoms with Gasteiger partial charge in [0.05, 0.1) is 22.9 Å². The van der Waals surface area contributed by atoms with Crippen LogP contribution in [0.3, 0.4) is 0 Å². The summed E-state index contributed by atoms with van der Waals surface area (Å²) < 4.78 is 29.2. The zero-order valence-electron chi connectivity index (χ0n) is 16.9. The number of nitrogens with two attached hydrogens (primary N) is 1. The number of nitrogens with zero attached hydrogens (tertiary/aromatic N) is 1. The number of benzene rings is 3. The summed E-state index contributed by atoms with van der Waals surface area (Å²) in [5.74, 6) is -3.33. The van der Waals surface area contributed by atoms with Gasteiger partial charge in [0.1, 0.15) is 17.2 Å². The summed E-state index contributed by atoms with van der Waals surface area (Å²) in [6.45, 7) is 0. The minimum absolute atomic E-state index is 0.0333. The lowest BCUT2D eigenvalue weighted by Gasteiger charge is -2.14. The summed E-state index contributed by atoms with van der Waals surface area (Å²) in [5, 5.41) is 30.1. The van der Waals surface area contributed by atoms with E-state index in [0.29, 0.717) is 11.8 Å². The second-order valence-corrected chi connectivity index (χ2v) is 6.69. The van der Waals surface area contributed by atoms with Crippen LogP contribution >= 0.6 is 0 Å². The summed E-state index contributed by atoms with van der Waals surface area (Å²) >= 11 is 0. The Labute approximate surface area is 182 Å². The normalized spacial score (nSPS) is 10.2. The highest BCUT2D eigenvalue weighted by atomic mass is 19.1. The highest BCUT2D eigenvalue weighted by Crippen LogP contribution is 2.26. The molecule has 0 heterocycles. The van der Waals surface area contributed by atoms with E-state index >= 15 is 0 Å². The van der Waals surface area contributed by atoms with E-state index in [1.54, 1.807) is 24.3 Å². The van der Waals surface area contributed by atoms with Gasteiger partial charge in [-0.2, -0.15) is 5.26 Å². The molecule has 0 aromatic heterocycles. The van der Waals surface area contributed by atoms with E-state index in [0.717, 1.165) is 6.07 Å². The van der Waals surface area contributed by atoms with Crippen LogP contribution in [0.25, 0.3) is 0 Å². The summed E-state index contributed by atoms with van der Waals surface area (Å²) in [5.41, 5.74) is 6.11. The first-order valence-corrected chi connectivity index (χ1v) is 9.31. The monoisotopic (exact) mass is 432 g/mol. The molecule has 0 aliphatic carbocycles. The van der Waals surface area contributed by atoms with Crippen molar-refractivity contribution in [1.29, 1.82) is 16.1 Å². The Kier molecular flexibility index (Phi) is 6.26. The van der Waals surface area contributed by atoms with Gasteiger partial charge >= 0.3 is 0 Å². The first-order chi connectivity index (χ1) is 15.3. The van der Waals surface area contributed by atoms with Crippen molar-refractivity contribution in [3.8, 4) is 6.07 Å². The molecular formula is C23H18F2N6O. The average Bonchev–Trinajstić information content (AvgIpc) is 2.79. The van der Waals surface area contributed by atoms with Crippen molar-refractivity contribution in [1.82, 2.24) is 0 Å². The zero-order valence-corrected chi connectivity index (χ0v) is 16.9. The topological polar surface area (TPSA) is 139 Å². The Hall–Kier alpha value is -4.58. The lowest BCUT2D eigenvalue weighted by atomic mass is 9.96. The molecule has 6 N–H and O–H groups in total. The Bertz CT molecular complexity index is 1300. The van der Waals surface area contributed by atoms with Gasteiger partial charge in [0, 0.05) is 41.5 Å². The molecule has 160 valence electrons. The summed E-state index contributed by atoms with van der Waals surface area (Å²) in [6, 6.07) is 13.7. The SMILES string of the molecule is CNc1cc(F)c(C(=O)Nc2ccc(N)c(C(=N)c3ccccc3C#N)c2)c(F)c1C=N. The number of carbonyl (C=O) groups excluding carboxylic acids is 1. The molecule has 0 aliphatic rings. The highest BCUT2D eigenvalue weighted by molar-refractivity contribution is 6.16. The van der Waals surface area contributed by atoms with Gasteiger partial charge in [-0.25, -0.2) is 8.78 Å². The number of nitriles is 1. The van der Waals surface area contributed by atoms with Gasteiger partial charge in [-0.3, -0.25) is 10.2 Å². The minimum atomic E-state index is -1.17. The average molecular weight is 432 g/mol. The van der Waals surface area contributed by atoms with Crippen molar-refractivity contribution in [3.63, 3.8) is 0 Å². The van der Waals surface area contributed by atoms with Crippen LogP contribution in [-0.2, 0) is 0 Å². The molecule has 1 amide bonds. The maximum absolute atomic E-state index is 14.7. The molecule has 32 heavy (non-hydrogen) atoms. The van der Waals surface area contributed by atoms with Crippen LogP contribution in [-0.4, -0.2) is 24.9 Å². The van der Waals surface area contributed by atoms with E-state index in [1.165, 1.54) is 25.2 Å². The number of anilines is 3. The molecule has 0 unspecified atom stereocenters. The quantitative estimate of drug-likeness (QED) is 0.295. The number of hydrogen-bond donors (Lipinski definition) is 5. The molecule has 0 saturated carbocycles. The molecule has 3 aromatic carbocycles. The molecule has 3 aromatic rings. The summed E-state index contributed by atoms with van der Waals surface area (Å²) in [4.78, 5) is 12.6. The molecule has 0 radical (unpaired) electrons.